The number of hydrogen-bond donors (Lipinski definition) is 2. The van der Waals surface area contributed by atoms with Gasteiger partial charge in [-0.25, -0.2) is 9.78 Å². The van der Waals surface area contributed by atoms with E-state index in [9.17, 15) is 14.4 Å². The summed E-state index contributed by atoms with van der Waals surface area (Å²) in [5.41, 5.74) is 15.5. The molecule has 4 N–H and O–H groups in total. The molecule has 0 aliphatic carbocycles. The maximum atomic E-state index is 13.8. The number of amides is 2. The van der Waals surface area contributed by atoms with Crippen molar-refractivity contribution in [2.45, 2.75) is 85.9 Å². The smallest absolute Gasteiger partial charge is 0.356 e. The van der Waals surface area contributed by atoms with Gasteiger partial charge in [0.15, 0.2) is 10.4 Å². The van der Waals surface area contributed by atoms with Gasteiger partial charge in [0.1, 0.15) is 11.4 Å². The van der Waals surface area contributed by atoms with Gasteiger partial charge in [-0.1, -0.05) is 17.8 Å². The third-order valence-corrected chi connectivity index (χ3v) is 8.29. The Morgan fingerprint density at radius 1 is 1.00 bits per heavy atom. The minimum Gasteiger partial charge on any atom is -0.461 e. The summed E-state index contributed by atoms with van der Waals surface area (Å²) in [6.07, 6.45) is 6.22. The van der Waals surface area contributed by atoms with E-state index >= 15 is 0 Å². The van der Waals surface area contributed by atoms with Crippen LogP contribution in [-0.2, 0) is 30.8 Å². The predicted octanol–water partition coefficient (Wildman–Crippen LogP) is 3.30. The summed E-state index contributed by atoms with van der Waals surface area (Å²) in [7, 11) is 0. The number of fused-ring (bicyclic) bond motifs is 1. The molecular weight excluding hydrogens is 582 g/mol. The summed E-state index contributed by atoms with van der Waals surface area (Å²) in [4.78, 5) is 47.3. The lowest BCUT2D eigenvalue weighted by Gasteiger charge is -2.08. The number of unbranched alkanes of at least 4 members (excludes halogenated alkanes) is 3. The van der Waals surface area contributed by atoms with Crippen molar-refractivity contribution in [3.8, 4) is 0 Å². The second-order valence-corrected chi connectivity index (χ2v) is 11.5. The van der Waals surface area contributed by atoms with Crippen molar-refractivity contribution in [1.29, 1.82) is 0 Å². The number of pyridine rings is 1. The molecule has 14 heteroatoms. The van der Waals surface area contributed by atoms with Crippen molar-refractivity contribution in [2.24, 2.45) is 16.5 Å². The van der Waals surface area contributed by atoms with E-state index < -0.39 is 5.91 Å². The van der Waals surface area contributed by atoms with Crippen LogP contribution in [0, 0.1) is 13.8 Å². The number of primary amides is 1. The summed E-state index contributed by atoms with van der Waals surface area (Å²) < 4.78 is 11.2. The molecule has 13 nitrogen and oxygen atoms in total. The molecule has 0 saturated heterocycles. The summed E-state index contributed by atoms with van der Waals surface area (Å²) in [5.74, 6) is -1.31. The van der Waals surface area contributed by atoms with E-state index in [-0.39, 0.29) is 11.9 Å². The first-order chi connectivity index (χ1) is 21.2. The van der Waals surface area contributed by atoms with Crippen LogP contribution in [0.5, 0.6) is 0 Å². The maximum Gasteiger partial charge on any atom is 0.356 e. The molecule has 0 bridgehead atoms. The van der Waals surface area contributed by atoms with Crippen LogP contribution >= 0.6 is 11.3 Å². The first-order valence-electron chi connectivity index (χ1n) is 15.0. The average molecular weight is 624 g/mol. The number of carbonyl (C=O) groups excluding carboxylic acids is 3. The number of nitrogens with zero attached hydrogens (tertiary/aromatic N) is 7. The zero-order valence-electron chi connectivity index (χ0n) is 25.8. The van der Waals surface area contributed by atoms with Crippen LogP contribution in [0.3, 0.4) is 0 Å². The fraction of sp³-hybridized carbons (Fsp3) is 0.500. The van der Waals surface area contributed by atoms with Crippen molar-refractivity contribution in [2.75, 3.05) is 13.2 Å². The number of aryl methyl sites for hydroxylation is 5. The van der Waals surface area contributed by atoms with Crippen molar-refractivity contribution < 1.29 is 19.1 Å². The quantitative estimate of drug-likeness (QED) is 0.150. The third kappa shape index (κ3) is 7.48. The molecule has 4 heterocycles. The normalized spacial score (nSPS) is 11.9. The summed E-state index contributed by atoms with van der Waals surface area (Å²) >= 11 is 1.30. The molecule has 0 aliphatic heterocycles. The number of ether oxygens (including phenoxy) is 1. The van der Waals surface area contributed by atoms with Gasteiger partial charge in [-0.15, -0.1) is 0 Å². The molecule has 4 rings (SSSR count). The SMILES string of the molecule is CCOC(=O)c1cc(C)nn1CCCCCc1c(C)nn(CC)c1C(=O)/N=c1\sc2cc(C(N)=O)cnc2n1CCCCN. The van der Waals surface area contributed by atoms with Crippen molar-refractivity contribution in [3.05, 3.63) is 57.0 Å². The predicted molar refractivity (Wildman–Crippen MR) is 167 cm³/mol. The first-order valence-corrected chi connectivity index (χ1v) is 15.9. The molecule has 0 aromatic carbocycles. The van der Waals surface area contributed by atoms with Crippen molar-refractivity contribution in [1.82, 2.24) is 29.1 Å². The highest BCUT2D eigenvalue weighted by molar-refractivity contribution is 7.16. The minimum absolute atomic E-state index is 0.299. The van der Waals surface area contributed by atoms with Gasteiger partial charge in [-0.05, 0) is 78.5 Å². The van der Waals surface area contributed by atoms with E-state index in [1.54, 1.807) is 28.4 Å². The molecule has 2 amide bonds. The lowest BCUT2D eigenvalue weighted by molar-refractivity contribution is 0.0511. The van der Waals surface area contributed by atoms with Crippen LogP contribution in [0.25, 0.3) is 10.3 Å². The Bertz CT molecular complexity index is 1710. The molecule has 0 saturated carbocycles. The number of esters is 1. The Kier molecular flexibility index (Phi) is 11.2. The van der Waals surface area contributed by atoms with Crippen LogP contribution in [0.2, 0.25) is 0 Å². The fourth-order valence-corrected chi connectivity index (χ4v) is 6.20. The second-order valence-electron chi connectivity index (χ2n) is 10.5. The molecule has 44 heavy (non-hydrogen) atoms. The Labute approximate surface area is 259 Å². The lowest BCUT2D eigenvalue weighted by atomic mass is 10.0. The number of aromatic nitrogens is 6. The highest BCUT2D eigenvalue weighted by atomic mass is 32.1. The van der Waals surface area contributed by atoms with E-state index in [1.807, 2.05) is 25.3 Å². The molecule has 0 atom stereocenters. The molecule has 0 fully saturated rings. The highest BCUT2D eigenvalue weighted by Crippen LogP contribution is 2.21. The van der Waals surface area contributed by atoms with Gasteiger partial charge in [-0.2, -0.15) is 15.2 Å². The van der Waals surface area contributed by atoms with Crippen LogP contribution in [-0.4, -0.2) is 60.0 Å². The van der Waals surface area contributed by atoms with Crippen molar-refractivity contribution in [3.63, 3.8) is 0 Å². The van der Waals surface area contributed by atoms with Crippen LogP contribution < -0.4 is 16.3 Å². The van der Waals surface area contributed by atoms with Gasteiger partial charge in [-0.3, -0.25) is 19.0 Å². The van der Waals surface area contributed by atoms with Gasteiger partial charge >= 0.3 is 5.97 Å². The van der Waals surface area contributed by atoms with Gasteiger partial charge in [0.2, 0.25) is 5.91 Å². The Morgan fingerprint density at radius 2 is 1.77 bits per heavy atom. The summed E-state index contributed by atoms with van der Waals surface area (Å²) in [6, 6.07) is 3.43. The monoisotopic (exact) mass is 623 g/mol. The molecule has 0 aliphatic rings. The molecule has 0 unspecified atom stereocenters. The fourth-order valence-electron chi connectivity index (χ4n) is 5.14. The average Bonchev–Trinajstić information content (AvgIpc) is 3.64. The second kappa shape index (κ2) is 15.0. The van der Waals surface area contributed by atoms with Crippen LogP contribution in [0.15, 0.2) is 23.3 Å². The number of thiazole rings is 1. The third-order valence-electron chi connectivity index (χ3n) is 7.28. The Morgan fingerprint density at radius 3 is 2.48 bits per heavy atom. The Hall–Kier alpha value is -4.17. The Balaban J connectivity index is 1.55. The molecule has 4 aromatic rings. The van der Waals surface area contributed by atoms with Crippen molar-refractivity contribution >= 4 is 39.5 Å². The standard InChI is InChI=1S/C30H41N9O4S/c1-5-38-25(22(20(4)36-38)12-8-7-10-15-39-23(16-19(3)35-39)29(42)43-6-2)28(41)34-30-37(14-11-9-13-31)27-24(44-30)17-21(18-33-27)26(32)40/h16-18H,5-15,31H2,1-4H3,(H2,32,40)/b34-30-. The van der Waals surface area contributed by atoms with E-state index in [0.29, 0.717) is 66.6 Å². The molecule has 4 aromatic heterocycles. The van der Waals surface area contributed by atoms with Gasteiger partial charge in [0.05, 0.1) is 28.3 Å². The summed E-state index contributed by atoms with van der Waals surface area (Å²) in [6.45, 7) is 10.1. The molecular formula is C30H41N9O4S. The van der Waals surface area contributed by atoms with Crippen LogP contribution in [0.4, 0.5) is 0 Å². The first kappa shape index (κ1) is 32.7. The number of carbonyl (C=O) groups is 3. The largest absolute Gasteiger partial charge is 0.461 e. The number of rotatable bonds is 15. The van der Waals surface area contributed by atoms with Gasteiger partial charge in [0.25, 0.3) is 5.91 Å². The topological polar surface area (TPSA) is 178 Å². The summed E-state index contributed by atoms with van der Waals surface area (Å²) in [5, 5.41) is 9.08. The van der Waals surface area contributed by atoms with E-state index in [0.717, 1.165) is 53.8 Å². The van der Waals surface area contributed by atoms with E-state index in [2.05, 4.69) is 20.2 Å². The van der Waals surface area contributed by atoms with E-state index in [4.69, 9.17) is 16.2 Å². The van der Waals surface area contributed by atoms with E-state index in [1.165, 1.54) is 17.5 Å². The highest BCUT2D eigenvalue weighted by Gasteiger charge is 2.22. The molecule has 0 spiro atoms. The zero-order chi connectivity index (χ0) is 31.8. The maximum absolute atomic E-state index is 13.8. The number of hydrogen-bond acceptors (Lipinski definition) is 9. The zero-order valence-corrected chi connectivity index (χ0v) is 26.7. The van der Waals surface area contributed by atoms with Crippen LogP contribution in [0.1, 0.15) is 94.2 Å². The number of nitrogens with two attached hydrogens (primary N) is 2. The molecule has 236 valence electrons. The molecule has 0 radical (unpaired) electrons. The van der Waals surface area contributed by atoms with Gasteiger partial charge < -0.3 is 20.8 Å². The minimum atomic E-state index is -0.566. The van der Waals surface area contributed by atoms with Gasteiger partial charge in [0, 0.05) is 31.4 Å². The lowest BCUT2D eigenvalue weighted by Crippen LogP contribution is -2.20.